The summed E-state index contributed by atoms with van der Waals surface area (Å²) in [6.45, 7) is 4.42. The van der Waals surface area contributed by atoms with Crippen molar-refractivity contribution < 1.29 is 9.18 Å². The fourth-order valence-corrected chi connectivity index (χ4v) is 3.65. The van der Waals surface area contributed by atoms with Gasteiger partial charge in [0.2, 0.25) is 0 Å². The number of urea groups is 1. The first-order valence-corrected chi connectivity index (χ1v) is 9.04. The van der Waals surface area contributed by atoms with Crippen molar-refractivity contribution in [1.29, 1.82) is 5.26 Å². The lowest BCUT2D eigenvalue weighted by molar-refractivity contribution is 0.177. The van der Waals surface area contributed by atoms with E-state index in [0.717, 1.165) is 37.9 Å². The Labute approximate surface area is 148 Å². The third-order valence-corrected chi connectivity index (χ3v) is 5.23. The molecule has 1 N–H and O–H groups in total. The number of carbonyl (C=O) groups is 1. The molecule has 1 atom stereocenters. The van der Waals surface area contributed by atoms with E-state index >= 15 is 0 Å². The lowest BCUT2D eigenvalue weighted by Gasteiger charge is -2.29. The fourth-order valence-electron chi connectivity index (χ4n) is 3.65. The van der Waals surface area contributed by atoms with Gasteiger partial charge in [0, 0.05) is 44.2 Å². The minimum atomic E-state index is -0.153. The topological polar surface area (TPSA) is 59.4 Å². The normalized spacial score (nSPS) is 21.9. The second kappa shape index (κ2) is 8.30. The van der Waals surface area contributed by atoms with Crippen LogP contribution in [0.5, 0.6) is 0 Å². The van der Waals surface area contributed by atoms with E-state index in [1.165, 1.54) is 6.07 Å². The molecule has 25 heavy (non-hydrogen) atoms. The molecule has 2 heterocycles. The predicted octanol–water partition coefficient (Wildman–Crippen LogP) is 2.59. The van der Waals surface area contributed by atoms with Gasteiger partial charge >= 0.3 is 6.03 Å². The van der Waals surface area contributed by atoms with E-state index < -0.39 is 0 Å². The van der Waals surface area contributed by atoms with Crippen molar-refractivity contribution in [2.24, 2.45) is 11.8 Å². The van der Waals surface area contributed by atoms with E-state index in [0.29, 0.717) is 32.1 Å². The molecule has 0 radical (unpaired) electrons. The predicted molar refractivity (Wildman–Crippen MR) is 93.1 cm³/mol. The Morgan fingerprint density at radius 2 is 2.00 bits per heavy atom. The number of amides is 2. The maximum absolute atomic E-state index is 13.7. The number of halogens is 1. The van der Waals surface area contributed by atoms with Crippen LogP contribution >= 0.6 is 0 Å². The monoisotopic (exact) mass is 344 g/mol. The number of benzene rings is 1. The molecular formula is C19H25FN4O. The zero-order chi connectivity index (χ0) is 17.6. The van der Waals surface area contributed by atoms with Gasteiger partial charge in [-0.25, -0.2) is 9.18 Å². The molecular weight excluding hydrogens is 319 g/mol. The molecule has 0 saturated carbocycles. The van der Waals surface area contributed by atoms with Crippen molar-refractivity contribution in [1.82, 2.24) is 15.1 Å². The summed E-state index contributed by atoms with van der Waals surface area (Å²) < 4.78 is 13.7. The Morgan fingerprint density at radius 3 is 2.72 bits per heavy atom. The van der Waals surface area contributed by atoms with Crippen molar-refractivity contribution in [2.75, 3.05) is 32.7 Å². The van der Waals surface area contributed by atoms with E-state index in [-0.39, 0.29) is 17.8 Å². The van der Waals surface area contributed by atoms with Crippen LogP contribution in [0.4, 0.5) is 9.18 Å². The lowest BCUT2D eigenvalue weighted by Crippen LogP contribution is -2.45. The second-order valence-corrected chi connectivity index (χ2v) is 7.06. The number of carbonyl (C=O) groups excluding carboxylic acids is 1. The maximum atomic E-state index is 13.7. The second-order valence-electron chi connectivity index (χ2n) is 7.06. The third kappa shape index (κ3) is 4.70. The molecule has 3 rings (SSSR count). The Balaban J connectivity index is 1.39. The smallest absolute Gasteiger partial charge is 0.317 e. The first kappa shape index (κ1) is 17.7. The maximum Gasteiger partial charge on any atom is 0.317 e. The van der Waals surface area contributed by atoms with Crippen molar-refractivity contribution >= 4 is 6.03 Å². The summed E-state index contributed by atoms with van der Waals surface area (Å²) in [5, 5.41) is 11.9. The molecule has 2 aliphatic rings. The number of nitriles is 1. The highest BCUT2D eigenvalue weighted by atomic mass is 19.1. The molecule has 0 aliphatic carbocycles. The van der Waals surface area contributed by atoms with Crippen LogP contribution in [0.3, 0.4) is 0 Å². The number of piperidine rings is 1. The van der Waals surface area contributed by atoms with Gasteiger partial charge in [-0.05, 0) is 37.8 Å². The SMILES string of the molecule is N#CC1CCN(C(=O)NCC2CCN(Cc3ccccc3F)C2)CC1. The van der Waals surface area contributed by atoms with Gasteiger partial charge in [-0.3, -0.25) is 4.90 Å². The largest absolute Gasteiger partial charge is 0.338 e. The van der Waals surface area contributed by atoms with E-state index in [1.54, 1.807) is 11.0 Å². The van der Waals surface area contributed by atoms with Gasteiger partial charge in [-0.1, -0.05) is 18.2 Å². The van der Waals surface area contributed by atoms with Crippen LogP contribution in [0.15, 0.2) is 24.3 Å². The zero-order valence-electron chi connectivity index (χ0n) is 14.5. The molecule has 0 bridgehead atoms. The number of likely N-dealkylation sites (tertiary alicyclic amines) is 2. The van der Waals surface area contributed by atoms with E-state index in [1.807, 2.05) is 12.1 Å². The molecule has 1 aromatic carbocycles. The van der Waals surface area contributed by atoms with E-state index in [4.69, 9.17) is 5.26 Å². The molecule has 2 amide bonds. The molecule has 1 aromatic rings. The Bertz CT molecular complexity index is 637. The molecule has 134 valence electrons. The highest BCUT2D eigenvalue weighted by molar-refractivity contribution is 5.74. The summed E-state index contributed by atoms with van der Waals surface area (Å²) in [7, 11) is 0. The molecule has 5 nitrogen and oxygen atoms in total. The van der Waals surface area contributed by atoms with Gasteiger partial charge in [0.25, 0.3) is 0 Å². The van der Waals surface area contributed by atoms with E-state index in [9.17, 15) is 9.18 Å². The zero-order valence-corrected chi connectivity index (χ0v) is 14.5. The standard InChI is InChI=1S/C19H25FN4O/c20-18-4-2-1-3-17(18)14-23-8-5-16(13-23)12-22-19(25)24-9-6-15(11-21)7-10-24/h1-4,15-16H,5-10,12-14H2,(H,22,25). The van der Waals surface area contributed by atoms with Crippen LogP contribution in [0.1, 0.15) is 24.8 Å². The van der Waals surface area contributed by atoms with Crippen LogP contribution in [-0.4, -0.2) is 48.6 Å². The van der Waals surface area contributed by atoms with Crippen LogP contribution in [0.2, 0.25) is 0 Å². The summed E-state index contributed by atoms with van der Waals surface area (Å²) in [5.74, 6) is 0.346. The van der Waals surface area contributed by atoms with Crippen molar-refractivity contribution in [2.45, 2.75) is 25.8 Å². The molecule has 0 spiro atoms. The molecule has 0 aromatic heterocycles. The highest BCUT2D eigenvalue weighted by Crippen LogP contribution is 2.20. The minimum absolute atomic E-state index is 0.0241. The first-order chi connectivity index (χ1) is 12.2. The summed E-state index contributed by atoms with van der Waals surface area (Å²) in [4.78, 5) is 16.3. The van der Waals surface area contributed by atoms with Crippen molar-refractivity contribution in [3.8, 4) is 6.07 Å². The van der Waals surface area contributed by atoms with Gasteiger partial charge in [0.15, 0.2) is 0 Å². The molecule has 2 aliphatic heterocycles. The minimum Gasteiger partial charge on any atom is -0.338 e. The number of hydrogen-bond acceptors (Lipinski definition) is 3. The number of rotatable bonds is 4. The van der Waals surface area contributed by atoms with Crippen LogP contribution < -0.4 is 5.32 Å². The Hall–Kier alpha value is -2.13. The van der Waals surface area contributed by atoms with Crippen LogP contribution in [0, 0.1) is 29.0 Å². The quantitative estimate of drug-likeness (QED) is 0.913. The van der Waals surface area contributed by atoms with Gasteiger partial charge in [-0.2, -0.15) is 5.26 Å². The van der Waals surface area contributed by atoms with Crippen molar-refractivity contribution in [3.63, 3.8) is 0 Å². The average Bonchev–Trinajstić information content (AvgIpc) is 3.09. The van der Waals surface area contributed by atoms with Gasteiger partial charge in [0.1, 0.15) is 5.82 Å². The number of nitrogens with zero attached hydrogens (tertiary/aromatic N) is 3. The fraction of sp³-hybridized carbons (Fsp3) is 0.579. The summed E-state index contributed by atoms with van der Waals surface area (Å²) in [6.07, 6.45) is 2.55. The molecule has 1 unspecified atom stereocenters. The molecule has 6 heteroatoms. The van der Waals surface area contributed by atoms with Gasteiger partial charge in [-0.15, -0.1) is 0 Å². The van der Waals surface area contributed by atoms with Crippen LogP contribution in [-0.2, 0) is 6.54 Å². The Kier molecular flexibility index (Phi) is 5.87. The number of nitrogens with one attached hydrogen (secondary N) is 1. The van der Waals surface area contributed by atoms with Gasteiger partial charge in [0.05, 0.1) is 6.07 Å². The highest BCUT2D eigenvalue weighted by Gasteiger charge is 2.26. The molecule has 2 fully saturated rings. The van der Waals surface area contributed by atoms with E-state index in [2.05, 4.69) is 16.3 Å². The summed E-state index contributed by atoms with van der Waals surface area (Å²) in [6, 6.07) is 9.15. The lowest BCUT2D eigenvalue weighted by atomic mass is 9.99. The van der Waals surface area contributed by atoms with Crippen molar-refractivity contribution in [3.05, 3.63) is 35.6 Å². The average molecular weight is 344 g/mol. The summed E-state index contributed by atoms with van der Waals surface area (Å²) >= 11 is 0. The van der Waals surface area contributed by atoms with Gasteiger partial charge < -0.3 is 10.2 Å². The third-order valence-electron chi connectivity index (χ3n) is 5.23. The van der Waals surface area contributed by atoms with Crippen LogP contribution in [0.25, 0.3) is 0 Å². The number of hydrogen-bond donors (Lipinski definition) is 1. The summed E-state index contributed by atoms with van der Waals surface area (Å²) in [5.41, 5.74) is 0.729. The molecule has 2 saturated heterocycles. The first-order valence-electron chi connectivity index (χ1n) is 9.04. The Morgan fingerprint density at radius 1 is 1.24 bits per heavy atom.